The molecule has 6 nitrogen and oxygen atoms in total. The highest BCUT2D eigenvalue weighted by Crippen LogP contribution is 2.28. The van der Waals surface area contributed by atoms with Gasteiger partial charge in [-0.3, -0.25) is 4.79 Å². The van der Waals surface area contributed by atoms with Crippen molar-refractivity contribution in [3.63, 3.8) is 0 Å². The highest BCUT2D eigenvalue weighted by Gasteiger charge is 2.14. The summed E-state index contributed by atoms with van der Waals surface area (Å²) < 4.78 is 15.7. The average Bonchev–Trinajstić information content (AvgIpc) is 2.67. The smallest absolute Gasteiger partial charge is 0.338 e. The van der Waals surface area contributed by atoms with Crippen LogP contribution in [0.15, 0.2) is 47.4 Å². The van der Waals surface area contributed by atoms with Gasteiger partial charge in [0, 0.05) is 10.6 Å². The van der Waals surface area contributed by atoms with Gasteiger partial charge < -0.3 is 19.5 Å². The predicted molar refractivity (Wildman–Crippen MR) is 101 cm³/mol. The molecule has 0 saturated heterocycles. The van der Waals surface area contributed by atoms with E-state index in [1.165, 1.54) is 13.2 Å². The Morgan fingerprint density at radius 3 is 2.42 bits per heavy atom. The van der Waals surface area contributed by atoms with Gasteiger partial charge in [-0.15, -0.1) is 11.8 Å². The standard InChI is InChI=1S/C19H21NO5S/c1-4-24-16-10-5-13(11-17(16)23-2)19(22)25-12-18(21)20-14-6-8-15(26-3)9-7-14/h5-11H,4,12H2,1-3H3,(H,20,21). The maximum atomic E-state index is 12.1. The monoisotopic (exact) mass is 375 g/mol. The average molecular weight is 375 g/mol. The number of benzene rings is 2. The Labute approximate surface area is 156 Å². The third-order valence-electron chi connectivity index (χ3n) is 3.41. The zero-order chi connectivity index (χ0) is 18.9. The van der Waals surface area contributed by atoms with Crippen molar-refractivity contribution >= 4 is 29.3 Å². The van der Waals surface area contributed by atoms with Crippen LogP contribution in [-0.2, 0) is 9.53 Å². The zero-order valence-electron chi connectivity index (χ0n) is 14.9. The second-order valence-corrected chi connectivity index (χ2v) is 6.03. The minimum atomic E-state index is -0.612. The number of thioether (sulfide) groups is 1. The minimum absolute atomic E-state index is 0.280. The number of methoxy groups -OCH3 is 1. The lowest BCUT2D eigenvalue weighted by molar-refractivity contribution is -0.119. The molecule has 0 fully saturated rings. The van der Waals surface area contributed by atoms with E-state index in [9.17, 15) is 9.59 Å². The number of esters is 1. The molecule has 0 aliphatic carbocycles. The normalized spacial score (nSPS) is 10.1. The van der Waals surface area contributed by atoms with Crippen molar-refractivity contribution in [3.8, 4) is 11.5 Å². The Hall–Kier alpha value is -2.67. The van der Waals surface area contributed by atoms with E-state index in [1.54, 1.807) is 36.0 Å². The molecule has 138 valence electrons. The van der Waals surface area contributed by atoms with E-state index in [4.69, 9.17) is 14.2 Å². The van der Waals surface area contributed by atoms with E-state index >= 15 is 0 Å². The lowest BCUT2D eigenvalue weighted by atomic mass is 10.2. The van der Waals surface area contributed by atoms with E-state index in [0.717, 1.165) is 4.90 Å². The first kappa shape index (κ1) is 19.7. The number of rotatable bonds is 8. The molecule has 2 rings (SSSR count). The Morgan fingerprint density at radius 1 is 1.08 bits per heavy atom. The second-order valence-electron chi connectivity index (χ2n) is 5.15. The largest absolute Gasteiger partial charge is 0.493 e. The van der Waals surface area contributed by atoms with Gasteiger partial charge in [0.15, 0.2) is 18.1 Å². The molecular formula is C19H21NO5S. The number of nitrogens with one attached hydrogen (secondary N) is 1. The lowest BCUT2D eigenvalue weighted by Gasteiger charge is -2.11. The van der Waals surface area contributed by atoms with E-state index < -0.39 is 11.9 Å². The summed E-state index contributed by atoms with van der Waals surface area (Å²) in [5, 5.41) is 2.68. The molecule has 2 aromatic rings. The first-order valence-electron chi connectivity index (χ1n) is 7.99. The van der Waals surface area contributed by atoms with E-state index in [-0.39, 0.29) is 12.2 Å². The van der Waals surface area contributed by atoms with Crippen molar-refractivity contribution in [1.82, 2.24) is 0 Å². The summed E-state index contributed by atoms with van der Waals surface area (Å²) in [6.45, 7) is 1.96. The van der Waals surface area contributed by atoms with Crippen molar-refractivity contribution in [2.24, 2.45) is 0 Å². The molecule has 0 radical (unpaired) electrons. The van der Waals surface area contributed by atoms with Crippen LogP contribution in [0, 0.1) is 0 Å². The number of hydrogen-bond acceptors (Lipinski definition) is 6. The van der Waals surface area contributed by atoms with Crippen molar-refractivity contribution in [3.05, 3.63) is 48.0 Å². The highest BCUT2D eigenvalue weighted by molar-refractivity contribution is 7.98. The molecular weight excluding hydrogens is 354 g/mol. The SMILES string of the molecule is CCOc1ccc(C(=O)OCC(=O)Nc2ccc(SC)cc2)cc1OC. The van der Waals surface area contributed by atoms with Gasteiger partial charge in [-0.05, 0) is 55.6 Å². The molecule has 0 saturated carbocycles. The topological polar surface area (TPSA) is 73.9 Å². The Bertz CT molecular complexity index is 761. The summed E-state index contributed by atoms with van der Waals surface area (Å²) in [5.74, 6) is -0.0509. The molecule has 7 heteroatoms. The van der Waals surface area contributed by atoms with Crippen LogP contribution in [0.3, 0.4) is 0 Å². The first-order chi connectivity index (χ1) is 12.6. The summed E-state index contributed by atoms with van der Waals surface area (Å²) in [5.41, 5.74) is 0.925. The maximum Gasteiger partial charge on any atom is 0.338 e. The first-order valence-corrected chi connectivity index (χ1v) is 9.21. The Kier molecular flexibility index (Phi) is 7.35. The summed E-state index contributed by atoms with van der Waals surface area (Å²) >= 11 is 1.61. The van der Waals surface area contributed by atoms with E-state index in [1.807, 2.05) is 25.3 Å². The fraction of sp³-hybridized carbons (Fsp3) is 0.263. The number of carbonyl (C=O) groups is 2. The lowest BCUT2D eigenvalue weighted by Crippen LogP contribution is -2.20. The van der Waals surface area contributed by atoms with Crippen LogP contribution in [0.25, 0.3) is 0 Å². The van der Waals surface area contributed by atoms with Crippen LogP contribution < -0.4 is 14.8 Å². The van der Waals surface area contributed by atoms with Crippen LogP contribution in [-0.4, -0.2) is 38.5 Å². The van der Waals surface area contributed by atoms with Gasteiger partial charge in [-0.1, -0.05) is 0 Å². The molecule has 0 aliphatic heterocycles. The molecule has 0 bridgehead atoms. The molecule has 0 atom stereocenters. The van der Waals surface area contributed by atoms with Gasteiger partial charge in [0.05, 0.1) is 19.3 Å². The summed E-state index contributed by atoms with van der Waals surface area (Å²) in [6.07, 6.45) is 1.98. The summed E-state index contributed by atoms with van der Waals surface area (Å²) in [6, 6.07) is 12.1. The van der Waals surface area contributed by atoms with Crippen molar-refractivity contribution in [1.29, 1.82) is 0 Å². The molecule has 1 amide bonds. The molecule has 26 heavy (non-hydrogen) atoms. The summed E-state index contributed by atoms with van der Waals surface area (Å²) in [7, 11) is 1.49. The predicted octanol–water partition coefficient (Wildman–Crippen LogP) is 3.61. The van der Waals surface area contributed by atoms with Crippen molar-refractivity contribution in [2.75, 3.05) is 31.9 Å². The van der Waals surface area contributed by atoms with Crippen LogP contribution in [0.2, 0.25) is 0 Å². The zero-order valence-corrected chi connectivity index (χ0v) is 15.7. The molecule has 0 spiro atoms. The van der Waals surface area contributed by atoms with Crippen LogP contribution in [0.5, 0.6) is 11.5 Å². The van der Waals surface area contributed by atoms with Gasteiger partial charge in [-0.2, -0.15) is 0 Å². The van der Waals surface area contributed by atoms with Crippen LogP contribution in [0.1, 0.15) is 17.3 Å². The summed E-state index contributed by atoms with van der Waals surface area (Å²) in [4.78, 5) is 25.1. The fourth-order valence-corrected chi connectivity index (χ4v) is 2.56. The van der Waals surface area contributed by atoms with Gasteiger partial charge >= 0.3 is 5.97 Å². The van der Waals surface area contributed by atoms with Crippen molar-refractivity contribution < 1.29 is 23.8 Å². The molecule has 1 N–H and O–H groups in total. The molecule has 2 aromatic carbocycles. The third kappa shape index (κ3) is 5.42. The van der Waals surface area contributed by atoms with Gasteiger partial charge in [0.1, 0.15) is 0 Å². The fourth-order valence-electron chi connectivity index (χ4n) is 2.16. The van der Waals surface area contributed by atoms with Crippen LogP contribution >= 0.6 is 11.8 Å². The third-order valence-corrected chi connectivity index (χ3v) is 4.15. The van der Waals surface area contributed by atoms with Gasteiger partial charge in [0.25, 0.3) is 5.91 Å². The Balaban J connectivity index is 1.91. The van der Waals surface area contributed by atoms with Crippen molar-refractivity contribution in [2.45, 2.75) is 11.8 Å². The van der Waals surface area contributed by atoms with E-state index in [2.05, 4.69) is 5.32 Å². The Morgan fingerprint density at radius 2 is 1.81 bits per heavy atom. The second kappa shape index (κ2) is 9.72. The van der Waals surface area contributed by atoms with Gasteiger partial charge in [-0.25, -0.2) is 4.79 Å². The molecule has 0 aromatic heterocycles. The van der Waals surface area contributed by atoms with Gasteiger partial charge in [0.2, 0.25) is 0 Å². The maximum absolute atomic E-state index is 12.1. The number of anilines is 1. The van der Waals surface area contributed by atoms with Crippen LogP contribution in [0.4, 0.5) is 5.69 Å². The number of carbonyl (C=O) groups excluding carboxylic acids is 2. The highest BCUT2D eigenvalue weighted by atomic mass is 32.2. The molecule has 0 unspecified atom stereocenters. The molecule has 0 aliphatic rings. The number of amides is 1. The molecule has 0 heterocycles. The number of hydrogen-bond donors (Lipinski definition) is 1. The quantitative estimate of drug-likeness (QED) is 0.561. The number of ether oxygens (including phenoxy) is 3. The van der Waals surface area contributed by atoms with E-state index in [0.29, 0.717) is 23.8 Å². The minimum Gasteiger partial charge on any atom is -0.493 e.